The van der Waals surface area contributed by atoms with Gasteiger partial charge in [-0.05, 0) is 55.8 Å². The second-order valence-corrected chi connectivity index (χ2v) is 8.57. The van der Waals surface area contributed by atoms with Crippen molar-refractivity contribution in [1.29, 1.82) is 0 Å². The minimum Gasteiger partial charge on any atom is -0.399 e. The molecule has 0 saturated carbocycles. The summed E-state index contributed by atoms with van der Waals surface area (Å²) in [6.45, 7) is 6.45. The van der Waals surface area contributed by atoms with Crippen LogP contribution in [0.25, 0.3) is 0 Å². The molecule has 0 fully saturated rings. The second kappa shape index (κ2) is 6.11. The lowest BCUT2D eigenvalue weighted by atomic mass is 9.91. The highest BCUT2D eigenvalue weighted by molar-refractivity contribution is 9.11. The number of halogens is 2. The predicted octanol–water partition coefficient (Wildman–Crippen LogP) is 3.51. The van der Waals surface area contributed by atoms with Crippen molar-refractivity contribution in [1.82, 2.24) is 4.72 Å². The fraction of sp³-hybridized carbons (Fsp3) is 0.500. The van der Waals surface area contributed by atoms with E-state index in [9.17, 15) is 8.42 Å². The Morgan fingerprint density at radius 3 is 2.16 bits per heavy atom. The zero-order valence-corrected chi connectivity index (χ0v) is 15.1. The van der Waals surface area contributed by atoms with Gasteiger partial charge in [-0.1, -0.05) is 20.8 Å². The van der Waals surface area contributed by atoms with Crippen LogP contribution >= 0.6 is 31.9 Å². The van der Waals surface area contributed by atoms with Crippen LogP contribution in [0.4, 0.5) is 5.69 Å². The molecule has 0 atom stereocenters. The molecule has 0 heterocycles. The number of nitrogens with one attached hydrogen (secondary N) is 1. The quantitative estimate of drug-likeness (QED) is 0.725. The third kappa shape index (κ3) is 4.44. The summed E-state index contributed by atoms with van der Waals surface area (Å²) in [5, 5.41) is 0. The van der Waals surface area contributed by atoms with Gasteiger partial charge in [0, 0.05) is 21.2 Å². The number of nitrogens with two attached hydrogens (primary N) is 1. The molecule has 0 spiro atoms. The maximum Gasteiger partial charge on any atom is 0.242 e. The second-order valence-electron chi connectivity index (χ2n) is 5.16. The molecule has 3 N–H and O–H groups in total. The highest BCUT2D eigenvalue weighted by Crippen LogP contribution is 2.32. The molecule has 0 aliphatic carbocycles. The summed E-state index contributed by atoms with van der Waals surface area (Å²) >= 11 is 6.48. The van der Waals surface area contributed by atoms with Gasteiger partial charge in [-0.15, -0.1) is 0 Å². The molecule has 1 aromatic rings. The molecule has 1 rings (SSSR count). The van der Waals surface area contributed by atoms with Crippen LogP contribution in [-0.4, -0.2) is 15.0 Å². The van der Waals surface area contributed by atoms with Crippen LogP contribution in [0.5, 0.6) is 0 Å². The Kier molecular flexibility index (Phi) is 5.45. The number of rotatable bonds is 5. The zero-order chi connectivity index (χ0) is 14.8. The summed E-state index contributed by atoms with van der Waals surface area (Å²) in [4.78, 5) is 0.175. The van der Waals surface area contributed by atoms with Gasteiger partial charge < -0.3 is 5.73 Å². The number of hydrogen-bond acceptors (Lipinski definition) is 3. The molecule has 1 aromatic carbocycles. The van der Waals surface area contributed by atoms with Gasteiger partial charge in [0.15, 0.2) is 0 Å². The lowest BCUT2D eigenvalue weighted by molar-refractivity contribution is 0.350. The van der Waals surface area contributed by atoms with Crippen LogP contribution in [0.15, 0.2) is 26.0 Å². The number of anilines is 1. The topological polar surface area (TPSA) is 72.2 Å². The van der Waals surface area contributed by atoms with E-state index >= 15 is 0 Å². The van der Waals surface area contributed by atoms with Crippen molar-refractivity contribution < 1.29 is 8.42 Å². The van der Waals surface area contributed by atoms with E-state index in [0.29, 0.717) is 21.2 Å². The molecule has 0 aliphatic rings. The molecular weight excluding hydrogens is 396 g/mol. The summed E-state index contributed by atoms with van der Waals surface area (Å²) in [5.41, 5.74) is 6.07. The highest BCUT2D eigenvalue weighted by Gasteiger charge is 2.24. The van der Waals surface area contributed by atoms with Crippen molar-refractivity contribution in [2.45, 2.75) is 32.1 Å². The van der Waals surface area contributed by atoms with Gasteiger partial charge >= 0.3 is 0 Å². The van der Waals surface area contributed by atoms with Gasteiger partial charge in [-0.2, -0.15) is 0 Å². The first-order valence-electron chi connectivity index (χ1n) is 5.83. The van der Waals surface area contributed by atoms with Crippen molar-refractivity contribution in [3.8, 4) is 0 Å². The number of nitrogen functional groups attached to an aromatic ring is 1. The van der Waals surface area contributed by atoms with Gasteiger partial charge in [0.25, 0.3) is 0 Å². The molecule has 0 saturated heterocycles. The Balaban J connectivity index is 3.09. The Morgan fingerprint density at radius 2 is 1.74 bits per heavy atom. The summed E-state index contributed by atoms with van der Waals surface area (Å²) in [6, 6.07) is 3.15. The van der Waals surface area contributed by atoms with Gasteiger partial charge in [0.2, 0.25) is 10.0 Å². The molecule has 0 aromatic heterocycles. The van der Waals surface area contributed by atoms with E-state index in [2.05, 4.69) is 36.6 Å². The zero-order valence-electron chi connectivity index (χ0n) is 11.1. The standard InChI is InChI=1S/C12H18Br2N2O2S/c1-4-12(2,3)7-16-19(17,18)11-9(13)5-8(15)6-10(11)14/h5-6,16H,4,7,15H2,1-3H3. The van der Waals surface area contributed by atoms with E-state index < -0.39 is 10.0 Å². The summed E-state index contributed by atoms with van der Waals surface area (Å²) < 4.78 is 28.2. The molecule has 0 aliphatic heterocycles. The van der Waals surface area contributed by atoms with E-state index in [0.717, 1.165) is 6.42 Å². The lowest BCUT2D eigenvalue weighted by Gasteiger charge is -2.23. The smallest absolute Gasteiger partial charge is 0.242 e. The Bertz CT molecular complexity index is 548. The third-order valence-electron chi connectivity index (χ3n) is 2.99. The first-order chi connectivity index (χ1) is 8.59. The van der Waals surface area contributed by atoms with E-state index in [1.165, 1.54) is 0 Å². The SMILES string of the molecule is CCC(C)(C)CNS(=O)(=O)c1c(Br)cc(N)cc1Br. The number of sulfonamides is 1. The first kappa shape index (κ1) is 16.9. The Labute approximate surface area is 131 Å². The molecule has 0 radical (unpaired) electrons. The molecule has 0 bridgehead atoms. The van der Waals surface area contributed by atoms with E-state index in [1.807, 2.05) is 20.8 Å². The van der Waals surface area contributed by atoms with Crippen LogP contribution < -0.4 is 10.5 Å². The fourth-order valence-electron chi connectivity index (χ4n) is 1.32. The van der Waals surface area contributed by atoms with Crippen LogP contribution in [0.1, 0.15) is 27.2 Å². The molecule has 7 heteroatoms. The van der Waals surface area contributed by atoms with Crippen molar-refractivity contribution in [3.63, 3.8) is 0 Å². The number of benzene rings is 1. The van der Waals surface area contributed by atoms with Crippen molar-refractivity contribution in [2.24, 2.45) is 5.41 Å². The Morgan fingerprint density at radius 1 is 1.26 bits per heavy atom. The van der Waals surface area contributed by atoms with Gasteiger partial charge in [-0.3, -0.25) is 0 Å². The Hall–Kier alpha value is -0.110. The van der Waals surface area contributed by atoms with Crippen LogP contribution in [0.2, 0.25) is 0 Å². The van der Waals surface area contributed by atoms with Gasteiger partial charge in [0.1, 0.15) is 4.90 Å². The molecular formula is C12H18Br2N2O2S. The molecule has 4 nitrogen and oxygen atoms in total. The van der Waals surface area contributed by atoms with Gasteiger partial charge in [-0.25, -0.2) is 13.1 Å². The lowest BCUT2D eigenvalue weighted by Crippen LogP contribution is -2.34. The average molecular weight is 414 g/mol. The maximum atomic E-state index is 12.3. The minimum atomic E-state index is -3.58. The average Bonchev–Trinajstić information content (AvgIpc) is 2.25. The summed E-state index contributed by atoms with van der Waals surface area (Å²) in [5.74, 6) is 0. The third-order valence-corrected chi connectivity index (χ3v) is 6.26. The molecule has 19 heavy (non-hydrogen) atoms. The van der Waals surface area contributed by atoms with E-state index in [-0.39, 0.29) is 10.3 Å². The predicted molar refractivity (Wildman–Crippen MR) is 85.5 cm³/mol. The van der Waals surface area contributed by atoms with Crippen LogP contribution in [0.3, 0.4) is 0 Å². The molecule has 108 valence electrons. The van der Waals surface area contributed by atoms with E-state index in [4.69, 9.17) is 5.73 Å². The molecule has 0 unspecified atom stereocenters. The summed E-state index contributed by atoms with van der Waals surface area (Å²) in [6.07, 6.45) is 0.888. The summed E-state index contributed by atoms with van der Waals surface area (Å²) in [7, 11) is -3.58. The van der Waals surface area contributed by atoms with Crippen LogP contribution in [0, 0.1) is 5.41 Å². The maximum absolute atomic E-state index is 12.3. The largest absolute Gasteiger partial charge is 0.399 e. The minimum absolute atomic E-state index is 0.0835. The fourth-order valence-corrected chi connectivity index (χ4v) is 5.18. The van der Waals surface area contributed by atoms with Gasteiger partial charge in [0.05, 0.1) is 0 Å². The molecule has 0 amide bonds. The van der Waals surface area contributed by atoms with Crippen LogP contribution in [-0.2, 0) is 10.0 Å². The highest BCUT2D eigenvalue weighted by atomic mass is 79.9. The first-order valence-corrected chi connectivity index (χ1v) is 8.90. The van der Waals surface area contributed by atoms with E-state index in [1.54, 1.807) is 12.1 Å². The monoisotopic (exact) mass is 412 g/mol. The number of hydrogen-bond donors (Lipinski definition) is 2. The normalized spacial score (nSPS) is 12.7. The van der Waals surface area contributed by atoms with Crippen molar-refractivity contribution in [3.05, 3.63) is 21.1 Å². The van der Waals surface area contributed by atoms with Crippen molar-refractivity contribution >= 4 is 47.6 Å². The van der Waals surface area contributed by atoms with Crippen molar-refractivity contribution in [2.75, 3.05) is 12.3 Å².